The van der Waals surface area contributed by atoms with E-state index < -0.39 is 5.51 Å². The average Bonchev–Trinajstić information content (AvgIpc) is 2.17. The summed E-state index contributed by atoms with van der Waals surface area (Å²) >= 11 is -0.00234. The van der Waals surface area contributed by atoms with Gasteiger partial charge in [0.15, 0.2) is 0 Å². The van der Waals surface area contributed by atoms with Crippen LogP contribution in [0.25, 0.3) is 0 Å². The molecule has 1 rings (SSSR count). The third-order valence-electron chi connectivity index (χ3n) is 2.20. The molecule has 0 saturated carbocycles. The average molecular weight is 249 g/mol. The third-order valence-corrected chi connectivity index (χ3v) is 2.94. The molecule has 0 aliphatic heterocycles. The van der Waals surface area contributed by atoms with Gasteiger partial charge in [0.05, 0.1) is 0 Å². The van der Waals surface area contributed by atoms with Crippen molar-refractivity contribution in [3.05, 3.63) is 29.3 Å². The highest BCUT2D eigenvalue weighted by Crippen LogP contribution is 2.29. The Labute approximate surface area is 97.4 Å². The van der Waals surface area contributed by atoms with Crippen molar-refractivity contribution in [2.24, 2.45) is 0 Å². The van der Waals surface area contributed by atoms with Crippen molar-refractivity contribution in [3.8, 4) is 0 Å². The van der Waals surface area contributed by atoms with Crippen LogP contribution in [0.15, 0.2) is 18.2 Å². The molecule has 0 aliphatic carbocycles. The molecule has 0 saturated heterocycles. The Morgan fingerprint density at radius 3 is 2.44 bits per heavy atom. The SMILES string of the molecule is Cc1ccc(NCCSC(F)(F)F)cc1C. The van der Waals surface area contributed by atoms with Crippen LogP contribution in [0.5, 0.6) is 0 Å². The first-order valence-corrected chi connectivity index (χ1v) is 5.89. The predicted molar refractivity (Wildman–Crippen MR) is 62.9 cm³/mol. The van der Waals surface area contributed by atoms with Gasteiger partial charge in [-0.2, -0.15) is 13.2 Å². The van der Waals surface area contributed by atoms with E-state index in [4.69, 9.17) is 0 Å². The lowest BCUT2D eigenvalue weighted by Gasteiger charge is -2.09. The van der Waals surface area contributed by atoms with E-state index in [1.807, 2.05) is 32.0 Å². The fraction of sp³-hybridized carbons (Fsp3) is 0.455. The number of hydrogen-bond acceptors (Lipinski definition) is 2. The smallest absolute Gasteiger partial charge is 0.384 e. The Kier molecular flexibility index (Phi) is 4.53. The maximum Gasteiger partial charge on any atom is 0.441 e. The second-order valence-corrected chi connectivity index (χ2v) is 4.68. The maximum absolute atomic E-state index is 11.8. The third kappa shape index (κ3) is 4.79. The molecule has 5 heteroatoms. The molecule has 0 heterocycles. The van der Waals surface area contributed by atoms with Crippen LogP contribution in [0.1, 0.15) is 11.1 Å². The Morgan fingerprint density at radius 1 is 1.19 bits per heavy atom. The topological polar surface area (TPSA) is 12.0 Å². The van der Waals surface area contributed by atoms with Gasteiger partial charge in [0.2, 0.25) is 0 Å². The number of anilines is 1. The molecule has 0 spiro atoms. The molecule has 16 heavy (non-hydrogen) atoms. The van der Waals surface area contributed by atoms with Crippen molar-refractivity contribution in [2.75, 3.05) is 17.6 Å². The number of aryl methyl sites for hydroxylation is 2. The van der Waals surface area contributed by atoms with Crippen molar-refractivity contribution in [1.82, 2.24) is 0 Å². The van der Waals surface area contributed by atoms with Crippen LogP contribution < -0.4 is 5.32 Å². The van der Waals surface area contributed by atoms with Gasteiger partial charge in [0.1, 0.15) is 0 Å². The molecule has 1 nitrogen and oxygen atoms in total. The van der Waals surface area contributed by atoms with Crippen LogP contribution in [0.3, 0.4) is 0 Å². The summed E-state index contributed by atoms with van der Waals surface area (Å²) < 4.78 is 35.5. The van der Waals surface area contributed by atoms with Crippen molar-refractivity contribution < 1.29 is 13.2 Å². The number of halogens is 3. The maximum atomic E-state index is 11.8. The quantitative estimate of drug-likeness (QED) is 0.810. The zero-order chi connectivity index (χ0) is 12.2. The summed E-state index contributed by atoms with van der Waals surface area (Å²) in [7, 11) is 0. The molecule has 0 amide bonds. The lowest BCUT2D eigenvalue weighted by Crippen LogP contribution is -2.09. The van der Waals surface area contributed by atoms with E-state index in [1.165, 1.54) is 5.56 Å². The largest absolute Gasteiger partial charge is 0.441 e. The van der Waals surface area contributed by atoms with Crippen LogP contribution in [0, 0.1) is 13.8 Å². The predicted octanol–water partition coefficient (Wildman–Crippen LogP) is 3.97. The van der Waals surface area contributed by atoms with Gasteiger partial charge in [0, 0.05) is 18.0 Å². The molecule has 0 aromatic heterocycles. The molecular formula is C11H14F3NS. The zero-order valence-electron chi connectivity index (χ0n) is 9.19. The van der Waals surface area contributed by atoms with E-state index in [9.17, 15) is 13.2 Å². The van der Waals surface area contributed by atoms with E-state index in [1.54, 1.807) is 0 Å². The summed E-state index contributed by atoms with van der Waals surface area (Å²) in [5, 5.41) is 2.96. The molecule has 90 valence electrons. The molecule has 0 unspecified atom stereocenters. The summed E-state index contributed by atoms with van der Waals surface area (Å²) in [6.07, 6.45) is 0. The van der Waals surface area contributed by atoms with Crippen LogP contribution in [-0.4, -0.2) is 17.8 Å². The Hall–Kier alpha value is -0.840. The molecule has 0 atom stereocenters. The summed E-state index contributed by atoms with van der Waals surface area (Å²) in [6, 6.07) is 5.77. The number of thioether (sulfide) groups is 1. The highest BCUT2D eigenvalue weighted by Gasteiger charge is 2.27. The van der Waals surface area contributed by atoms with E-state index in [0.717, 1.165) is 11.3 Å². The van der Waals surface area contributed by atoms with Crippen molar-refractivity contribution in [2.45, 2.75) is 19.4 Å². The fourth-order valence-corrected chi connectivity index (χ4v) is 1.65. The Bertz CT molecular complexity index is 350. The Morgan fingerprint density at radius 2 is 1.88 bits per heavy atom. The second kappa shape index (κ2) is 5.48. The molecule has 1 aromatic rings. The van der Waals surface area contributed by atoms with Crippen LogP contribution >= 0.6 is 11.8 Å². The molecule has 0 aliphatic rings. The van der Waals surface area contributed by atoms with E-state index in [2.05, 4.69) is 5.32 Å². The minimum absolute atomic E-state index is 0.00234. The summed E-state index contributed by atoms with van der Waals surface area (Å²) in [5.41, 5.74) is -0.959. The van der Waals surface area contributed by atoms with Gasteiger partial charge >= 0.3 is 5.51 Å². The van der Waals surface area contributed by atoms with Gasteiger partial charge in [-0.1, -0.05) is 6.07 Å². The number of alkyl halides is 3. The molecule has 1 aromatic carbocycles. The van der Waals surface area contributed by atoms with Crippen LogP contribution in [0.2, 0.25) is 0 Å². The minimum Gasteiger partial charge on any atom is -0.384 e. The van der Waals surface area contributed by atoms with Crippen molar-refractivity contribution in [3.63, 3.8) is 0 Å². The Balaban J connectivity index is 2.35. The van der Waals surface area contributed by atoms with Crippen LogP contribution in [-0.2, 0) is 0 Å². The van der Waals surface area contributed by atoms with E-state index in [0.29, 0.717) is 6.54 Å². The van der Waals surface area contributed by atoms with Crippen molar-refractivity contribution >= 4 is 17.4 Å². The lowest BCUT2D eigenvalue weighted by atomic mass is 10.1. The van der Waals surface area contributed by atoms with Gasteiger partial charge in [0.25, 0.3) is 0 Å². The van der Waals surface area contributed by atoms with Gasteiger partial charge in [-0.25, -0.2) is 0 Å². The van der Waals surface area contributed by atoms with Gasteiger partial charge < -0.3 is 5.32 Å². The van der Waals surface area contributed by atoms with Crippen molar-refractivity contribution in [1.29, 1.82) is 0 Å². The monoisotopic (exact) mass is 249 g/mol. The second-order valence-electron chi connectivity index (χ2n) is 3.52. The van der Waals surface area contributed by atoms with Gasteiger partial charge in [-0.3, -0.25) is 0 Å². The first-order valence-electron chi connectivity index (χ1n) is 4.90. The van der Waals surface area contributed by atoms with E-state index in [-0.39, 0.29) is 17.5 Å². The normalized spacial score (nSPS) is 11.6. The highest BCUT2D eigenvalue weighted by atomic mass is 32.2. The standard InChI is InChI=1S/C11H14F3NS/c1-8-3-4-10(7-9(8)2)15-5-6-16-11(12,13)14/h3-4,7,15H,5-6H2,1-2H3. The van der Waals surface area contributed by atoms with Gasteiger partial charge in [-0.05, 0) is 48.9 Å². The molecular weight excluding hydrogens is 235 g/mol. The number of benzene rings is 1. The van der Waals surface area contributed by atoms with Gasteiger partial charge in [-0.15, -0.1) is 0 Å². The molecule has 0 radical (unpaired) electrons. The summed E-state index contributed by atoms with van der Waals surface area (Å²) in [5.74, 6) is 0.0242. The highest BCUT2D eigenvalue weighted by molar-refractivity contribution is 8.00. The van der Waals surface area contributed by atoms with E-state index >= 15 is 0 Å². The zero-order valence-corrected chi connectivity index (χ0v) is 10.0. The molecule has 1 N–H and O–H groups in total. The number of nitrogens with one attached hydrogen (secondary N) is 1. The number of rotatable bonds is 4. The lowest BCUT2D eigenvalue weighted by molar-refractivity contribution is -0.0327. The van der Waals surface area contributed by atoms with Crippen LogP contribution in [0.4, 0.5) is 18.9 Å². The molecule has 0 bridgehead atoms. The summed E-state index contributed by atoms with van der Waals surface area (Å²) in [4.78, 5) is 0. The first kappa shape index (κ1) is 13.2. The number of hydrogen-bond donors (Lipinski definition) is 1. The summed E-state index contributed by atoms with van der Waals surface area (Å²) in [6.45, 7) is 4.29. The fourth-order valence-electron chi connectivity index (χ4n) is 1.21. The minimum atomic E-state index is -4.13. The molecule has 0 fully saturated rings. The first-order chi connectivity index (χ1) is 7.38.